The highest BCUT2D eigenvalue weighted by atomic mass is 16.1. The maximum atomic E-state index is 12.2. The Hall–Kier alpha value is -1.16. The zero-order chi connectivity index (χ0) is 13.8. The van der Waals surface area contributed by atoms with E-state index >= 15 is 0 Å². The number of fused-ring (bicyclic) bond motifs is 1. The molecular weight excluding hydrogens is 226 g/mol. The normalized spacial score (nSPS) is 24.4. The summed E-state index contributed by atoms with van der Waals surface area (Å²) in [6.45, 7) is 12.7. The molecule has 0 N–H and O–H groups in total. The van der Waals surface area contributed by atoms with E-state index in [0.29, 0.717) is 0 Å². The van der Waals surface area contributed by atoms with E-state index in [9.17, 15) is 4.79 Å². The number of aromatic nitrogens is 2. The van der Waals surface area contributed by atoms with Crippen LogP contribution in [0.4, 0.5) is 0 Å². The summed E-state index contributed by atoms with van der Waals surface area (Å²) >= 11 is 0. The molecule has 2 heterocycles. The lowest BCUT2D eigenvalue weighted by Crippen LogP contribution is -2.41. The fraction of sp³-hybridized carbons (Fsp3) is 0.714. The first kappa shape index (κ1) is 13.3. The van der Waals surface area contributed by atoms with E-state index in [1.165, 1.54) is 0 Å². The fourth-order valence-electron chi connectivity index (χ4n) is 3.41. The van der Waals surface area contributed by atoms with Crippen molar-refractivity contribution < 1.29 is 0 Å². The lowest BCUT2D eigenvalue weighted by molar-refractivity contribution is 0.0653. The van der Waals surface area contributed by atoms with Crippen LogP contribution in [0.5, 0.6) is 0 Å². The molecule has 18 heavy (non-hydrogen) atoms. The molecular formula is C14H23N3O. The third kappa shape index (κ3) is 1.70. The Morgan fingerprint density at radius 3 is 2.22 bits per heavy atom. The van der Waals surface area contributed by atoms with E-state index in [4.69, 9.17) is 0 Å². The molecule has 0 saturated carbocycles. The summed E-state index contributed by atoms with van der Waals surface area (Å²) < 4.78 is 2.06. The molecule has 1 aromatic heterocycles. The van der Waals surface area contributed by atoms with Crippen LogP contribution in [0, 0.1) is 6.92 Å². The summed E-state index contributed by atoms with van der Waals surface area (Å²) in [4.78, 5) is 18.7. The van der Waals surface area contributed by atoms with E-state index in [0.717, 1.165) is 17.1 Å². The second-order valence-electron chi connectivity index (χ2n) is 6.25. The maximum absolute atomic E-state index is 12.2. The standard InChI is InChI=1S/C14H23N3O/c1-8-11-12(9(2)17(8)14(4,5)6)16(7)10(3)15-13(11)18/h8-9H,1-7H3. The lowest BCUT2D eigenvalue weighted by atomic mass is 10.0. The second-order valence-corrected chi connectivity index (χ2v) is 6.25. The molecule has 4 nitrogen and oxygen atoms in total. The quantitative estimate of drug-likeness (QED) is 0.708. The molecule has 1 aliphatic heterocycles. The largest absolute Gasteiger partial charge is 0.335 e. The molecule has 0 fully saturated rings. The van der Waals surface area contributed by atoms with Gasteiger partial charge in [-0.25, -0.2) is 0 Å². The molecule has 2 unspecified atom stereocenters. The zero-order valence-electron chi connectivity index (χ0n) is 12.4. The maximum Gasteiger partial charge on any atom is 0.278 e. The second kappa shape index (κ2) is 3.92. The minimum absolute atomic E-state index is 0.0329. The van der Waals surface area contributed by atoms with Crippen LogP contribution in [0.3, 0.4) is 0 Å². The van der Waals surface area contributed by atoms with Crippen molar-refractivity contribution in [3.63, 3.8) is 0 Å². The van der Waals surface area contributed by atoms with Crippen molar-refractivity contribution in [2.24, 2.45) is 7.05 Å². The Kier molecular flexibility index (Phi) is 2.89. The van der Waals surface area contributed by atoms with Gasteiger partial charge in [-0.15, -0.1) is 0 Å². The number of nitrogens with zero attached hydrogens (tertiary/aromatic N) is 3. The van der Waals surface area contributed by atoms with Crippen LogP contribution < -0.4 is 5.56 Å². The predicted octanol–water partition coefficient (Wildman–Crippen LogP) is 2.32. The van der Waals surface area contributed by atoms with Crippen molar-refractivity contribution >= 4 is 0 Å². The molecule has 0 bridgehead atoms. The number of rotatable bonds is 0. The Balaban J connectivity index is 2.70. The molecule has 0 aliphatic carbocycles. The summed E-state index contributed by atoms with van der Waals surface area (Å²) in [5, 5.41) is 0. The highest BCUT2D eigenvalue weighted by Crippen LogP contribution is 2.43. The van der Waals surface area contributed by atoms with E-state index in [2.05, 4.69) is 49.1 Å². The Labute approximate surface area is 109 Å². The van der Waals surface area contributed by atoms with Gasteiger partial charge in [0.05, 0.1) is 5.56 Å². The highest BCUT2D eigenvalue weighted by Gasteiger charge is 2.42. The van der Waals surface area contributed by atoms with Crippen LogP contribution in [-0.2, 0) is 7.05 Å². The van der Waals surface area contributed by atoms with Crippen molar-refractivity contribution in [1.82, 2.24) is 14.5 Å². The number of hydrogen-bond acceptors (Lipinski definition) is 3. The average Bonchev–Trinajstić information content (AvgIpc) is 2.46. The molecule has 100 valence electrons. The van der Waals surface area contributed by atoms with Gasteiger partial charge in [0.2, 0.25) is 0 Å². The van der Waals surface area contributed by atoms with Crippen molar-refractivity contribution in [2.75, 3.05) is 0 Å². The monoisotopic (exact) mass is 249 g/mol. The van der Waals surface area contributed by atoms with Gasteiger partial charge in [0.1, 0.15) is 5.82 Å². The van der Waals surface area contributed by atoms with Gasteiger partial charge in [-0.1, -0.05) is 0 Å². The predicted molar refractivity (Wildman–Crippen MR) is 72.6 cm³/mol. The average molecular weight is 249 g/mol. The molecule has 0 saturated heterocycles. The smallest absolute Gasteiger partial charge is 0.278 e. The number of aryl methyl sites for hydroxylation is 1. The van der Waals surface area contributed by atoms with Gasteiger partial charge in [0.15, 0.2) is 0 Å². The third-order valence-corrected chi connectivity index (χ3v) is 4.04. The van der Waals surface area contributed by atoms with Crippen LogP contribution >= 0.6 is 0 Å². The molecule has 0 amide bonds. The van der Waals surface area contributed by atoms with E-state index < -0.39 is 0 Å². The van der Waals surface area contributed by atoms with E-state index in [1.54, 1.807) is 0 Å². The van der Waals surface area contributed by atoms with Gasteiger partial charge in [-0.05, 0) is 41.5 Å². The molecule has 0 aromatic carbocycles. The topological polar surface area (TPSA) is 38.1 Å². The Morgan fingerprint density at radius 1 is 1.17 bits per heavy atom. The van der Waals surface area contributed by atoms with Crippen LogP contribution in [0.25, 0.3) is 0 Å². The summed E-state index contributed by atoms with van der Waals surface area (Å²) in [5.74, 6) is 0.786. The van der Waals surface area contributed by atoms with Gasteiger partial charge in [0, 0.05) is 30.4 Å². The zero-order valence-corrected chi connectivity index (χ0v) is 12.4. The van der Waals surface area contributed by atoms with Crippen LogP contribution in [0.15, 0.2) is 4.79 Å². The lowest BCUT2D eigenvalue weighted by Gasteiger charge is -2.39. The minimum atomic E-state index is -0.0632. The first-order chi connectivity index (χ1) is 8.16. The summed E-state index contributed by atoms with van der Waals surface area (Å²) in [7, 11) is 2.00. The first-order valence-electron chi connectivity index (χ1n) is 6.52. The summed E-state index contributed by atoms with van der Waals surface area (Å²) in [5.41, 5.74) is 1.96. The molecule has 2 rings (SSSR count). The summed E-state index contributed by atoms with van der Waals surface area (Å²) in [6.07, 6.45) is 0. The highest BCUT2D eigenvalue weighted by molar-refractivity contribution is 5.31. The van der Waals surface area contributed by atoms with E-state index in [1.807, 2.05) is 14.0 Å². The van der Waals surface area contributed by atoms with Gasteiger partial charge in [-0.3, -0.25) is 9.69 Å². The molecule has 4 heteroatoms. The van der Waals surface area contributed by atoms with Gasteiger partial charge >= 0.3 is 0 Å². The van der Waals surface area contributed by atoms with Crippen LogP contribution in [0.2, 0.25) is 0 Å². The first-order valence-corrected chi connectivity index (χ1v) is 6.52. The third-order valence-electron chi connectivity index (χ3n) is 4.04. The number of hydrogen-bond donors (Lipinski definition) is 0. The van der Waals surface area contributed by atoms with Gasteiger partial charge < -0.3 is 4.57 Å². The van der Waals surface area contributed by atoms with Crippen LogP contribution in [-0.4, -0.2) is 20.0 Å². The van der Waals surface area contributed by atoms with Gasteiger partial charge in [-0.2, -0.15) is 4.98 Å². The Bertz CT molecular complexity index is 539. The fourth-order valence-corrected chi connectivity index (χ4v) is 3.41. The van der Waals surface area contributed by atoms with Crippen molar-refractivity contribution in [1.29, 1.82) is 0 Å². The molecule has 1 aliphatic rings. The SMILES string of the molecule is Cc1nc(=O)c2c(n1C)C(C)N(C(C)(C)C)C2C. The van der Waals surface area contributed by atoms with Gasteiger partial charge in [0.25, 0.3) is 5.56 Å². The Morgan fingerprint density at radius 2 is 1.72 bits per heavy atom. The van der Waals surface area contributed by atoms with Crippen LogP contribution in [0.1, 0.15) is 63.8 Å². The van der Waals surface area contributed by atoms with Crippen molar-refractivity contribution in [2.45, 2.75) is 59.2 Å². The summed E-state index contributed by atoms with van der Waals surface area (Å²) in [6, 6.07) is 0.371. The molecule has 2 atom stereocenters. The minimum Gasteiger partial charge on any atom is -0.335 e. The van der Waals surface area contributed by atoms with Crippen molar-refractivity contribution in [3.05, 3.63) is 27.4 Å². The molecule has 0 radical (unpaired) electrons. The van der Waals surface area contributed by atoms with Crippen molar-refractivity contribution in [3.8, 4) is 0 Å². The molecule has 1 aromatic rings. The molecule has 0 spiro atoms. The van der Waals surface area contributed by atoms with E-state index in [-0.39, 0.29) is 23.2 Å².